The molecule has 4 nitrogen and oxygen atoms in total. The molecule has 0 aromatic heterocycles. The van der Waals surface area contributed by atoms with E-state index in [0.29, 0.717) is 39.5 Å². The zero-order valence-corrected chi connectivity index (χ0v) is 35.3. The molecule has 304 valence electrons. The monoisotopic (exact) mass is 840 g/mol. The Morgan fingerprint density at radius 1 is 0.571 bits per heavy atom. The van der Waals surface area contributed by atoms with Crippen molar-refractivity contribution in [2.45, 2.75) is 130 Å². The summed E-state index contributed by atoms with van der Waals surface area (Å²) in [5.74, 6) is -1.32. The van der Waals surface area contributed by atoms with E-state index in [-0.39, 0.29) is 23.1 Å². The number of rotatable bonds is 8. The average molecular weight is 842 g/mol. The van der Waals surface area contributed by atoms with E-state index in [4.69, 9.17) is 10.0 Å². The van der Waals surface area contributed by atoms with Crippen LogP contribution in [0.2, 0.25) is 0 Å². The van der Waals surface area contributed by atoms with Gasteiger partial charge in [-0.1, -0.05) is 79.7 Å². The van der Waals surface area contributed by atoms with Gasteiger partial charge in [-0.3, -0.25) is 0 Å². The van der Waals surface area contributed by atoms with Gasteiger partial charge in [-0.15, -0.1) is 0 Å². The SMILES string of the molecule is CCCC1CCC(c2ccc(-c3cc(C)c(O)c(C)c3)c(F)c2F)CC1.CCCC1CCC(c2ccc(B(O)O)c(F)c2F)CC1.Cc1cc(Br)cc(C)c1O. The van der Waals surface area contributed by atoms with E-state index >= 15 is 0 Å². The highest BCUT2D eigenvalue weighted by Crippen LogP contribution is 2.41. The maximum Gasteiger partial charge on any atom is 0.491 e. The fourth-order valence-corrected chi connectivity index (χ4v) is 9.24. The molecule has 0 unspecified atom stereocenters. The Kier molecular flexibility index (Phi) is 16.9. The minimum atomic E-state index is -1.97. The predicted molar refractivity (Wildman–Crippen MR) is 224 cm³/mol. The van der Waals surface area contributed by atoms with Gasteiger partial charge in [0.05, 0.1) is 0 Å². The second kappa shape index (κ2) is 20.9. The Morgan fingerprint density at radius 3 is 1.38 bits per heavy atom. The Hall–Kier alpha value is -3.34. The summed E-state index contributed by atoms with van der Waals surface area (Å²) in [6.07, 6.45) is 12.8. The first kappa shape index (κ1) is 45.4. The second-order valence-corrected chi connectivity index (χ2v) is 16.9. The highest BCUT2D eigenvalue weighted by Gasteiger charge is 2.29. The van der Waals surface area contributed by atoms with Crippen LogP contribution in [0.5, 0.6) is 11.5 Å². The van der Waals surface area contributed by atoms with Crippen LogP contribution in [0, 0.1) is 62.8 Å². The van der Waals surface area contributed by atoms with E-state index in [0.717, 1.165) is 72.9 Å². The maximum atomic E-state index is 14.8. The van der Waals surface area contributed by atoms with Gasteiger partial charge < -0.3 is 20.3 Å². The molecule has 0 spiro atoms. The van der Waals surface area contributed by atoms with Gasteiger partial charge in [0.25, 0.3) is 0 Å². The number of aromatic hydroxyl groups is 2. The van der Waals surface area contributed by atoms with Crippen LogP contribution in [0.1, 0.15) is 136 Å². The highest BCUT2D eigenvalue weighted by atomic mass is 79.9. The van der Waals surface area contributed by atoms with Gasteiger partial charge in [0.15, 0.2) is 23.3 Å². The summed E-state index contributed by atoms with van der Waals surface area (Å²) in [5, 5.41) is 37.2. The molecular formula is C46H58BBrF4O4. The standard InChI is InChI=1S/C23H28F2O.C15H21BF2O2.C8H9BrO/c1-4-5-16-6-8-17(9-7-16)19-10-11-20(22(25)21(19)24)18-12-14(2)23(26)15(3)13-18;1-2-3-10-4-6-11(7-5-10)12-8-9-13(16(19)20)15(18)14(12)17;1-5-3-7(9)4-6(2)8(5)10/h10-13,16-17,26H,4-9H2,1-3H3;8-11,19-20H,2-7H2,1H3;3-4,10H,1-2H3. The van der Waals surface area contributed by atoms with Gasteiger partial charge in [-0.25, -0.2) is 17.6 Å². The molecule has 2 saturated carbocycles. The van der Waals surface area contributed by atoms with Crippen molar-refractivity contribution in [3.8, 4) is 22.6 Å². The van der Waals surface area contributed by atoms with Crippen LogP contribution in [0.25, 0.3) is 11.1 Å². The summed E-state index contributed by atoms with van der Waals surface area (Å²) in [6.45, 7) is 11.7. The molecule has 56 heavy (non-hydrogen) atoms. The van der Waals surface area contributed by atoms with E-state index in [1.54, 1.807) is 38.1 Å². The number of hydrogen-bond acceptors (Lipinski definition) is 4. The van der Waals surface area contributed by atoms with Gasteiger partial charge >= 0.3 is 7.12 Å². The van der Waals surface area contributed by atoms with Crippen molar-refractivity contribution >= 4 is 28.5 Å². The highest BCUT2D eigenvalue weighted by molar-refractivity contribution is 9.10. The summed E-state index contributed by atoms with van der Waals surface area (Å²) >= 11 is 3.34. The summed E-state index contributed by atoms with van der Waals surface area (Å²) in [5.41, 5.74) is 4.51. The first-order chi connectivity index (χ1) is 26.6. The Labute approximate surface area is 339 Å². The summed E-state index contributed by atoms with van der Waals surface area (Å²) < 4.78 is 58.5. The Morgan fingerprint density at radius 2 is 0.964 bits per heavy atom. The molecule has 4 aromatic rings. The lowest BCUT2D eigenvalue weighted by Crippen LogP contribution is -2.34. The number of aryl methyl sites for hydroxylation is 4. The van der Waals surface area contributed by atoms with E-state index in [1.165, 1.54) is 37.8 Å². The molecule has 2 aliphatic rings. The number of hydrogen-bond donors (Lipinski definition) is 4. The normalized spacial score (nSPS) is 19.4. The van der Waals surface area contributed by atoms with Crippen LogP contribution in [-0.2, 0) is 0 Å². The number of phenols is 2. The van der Waals surface area contributed by atoms with Crippen molar-refractivity contribution in [3.05, 3.63) is 110 Å². The van der Waals surface area contributed by atoms with E-state index < -0.39 is 35.9 Å². The molecule has 6 rings (SSSR count). The summed E-state index contributed by atoms with van der Waals surface area (Å²) in [4.78, 5) is 0. The quantitative estimate of drug-likeness (QED) is 0.105. The van der Waals surface area contributed by atoms with Crippen molar-refractivity contribution in [2.24, 2.45) is 11.8 Å². The largest absolute Gasteiger partial charge is 0.507 e. The third kappa shape index (κ3) is 11.4. The lowest BCUT2D eigenvalue weighted by molar-refractivity contribution is 0.303. The van der Waals surface area contributed by atoms with Gasteiger partial charge in [0, 0.05) is 15.5 Å². The van der Waals surface area contributed by atoms with Crippen molar-refractivity contribution in [1.29, 1.82) is 0 Å². The molecule has 10 heteroatoms. The molecule has 0 heterocycles. The Balaban J connectivity index is 0.000000205. The zero-order chi connectivity index (χ0) is 41.3. The molecule has 0 aliphatic heterocycles. The van der Waals surface area contributed by atoms with Crippen LogP contribution in [0.3, 0.4) is 0 Å². The van der Waals surface area contributed by atoms with Gasteiger partial charge in [0.2, 0.25) is 0 Å². The topological polar surface area (TPSA) is 80.9 Å². The van der Waals surface area contributed by atoms with Gasteiger partial charge in [-0.2, -0.15) is 0 Å². The molecule has 0 bridgehead atoms. The van der Waals surface area contributed by atoms with E-state index in [1.807, 2.05) is 26.0 Å². The lowest BCUT2D eigenvalue weighted by atomic mass is 9.74. The van der Waals surface area contributed by atoms with Crippen molar-refractivity contribution in [2.75, 3.05) is 0 Å². The zero-order valence-electron chi connectivity index (χ0n) is 33.7. The molecule has 4 aromatic carbocycles. The molecule has 0 saturated heterocycles. The first-order valence-electron chi connectivity index (χ1n) is 20.2. The number of phenolic OH excluding ortho intramolecular Hbond substituents is 2. The molecule has 4 N–H and O–H groups in total. The first-order valence-corrected chi connectivity index (χ1v) is 20.9. The van der Waals surface area contributed by atoms with Crippen LogP contribution in [-0.4, -0.2) is 27.4 Å². The van der Waals surface area contributed by atoms with Gasteiger partial charge in [-0.05, 0) is 166 Å². The van der Waals surface area contributed by atoms with Gasteiger partial charge in [0.1, 0.15) is 11.5 Å². The fourth-order valence-electron chi connectivity index (χ4n) is 8.55. The van der Waals surface area contributed by atoms with Crippen molar-refractivity contribution in [3.63, 3.8) is 0 Å². The van der Waals surface area contributed by atoms with E-state index in [9.17, 15) is 27.8 Å². The molecule has 2 aliphatic carbocycles. The number of benzene rings is 4. The predicted octanol–water partition coefficient (Wildman–Crippen LogP) is 12.5. The summed E-state index contributed by atoms with van der Waals surface area (Å²) in [6, 6.07) is 13.4. The van der Waals surface area contributed by atoms with Crippen molar-refractivity contribution < 1.29 is 37.8 Å². The van der Waals surface area contributed by atoms with Crippen LogP contribution in [0.4, 0.5) is 17.6 Å². The second-order valence-electron chi connectivity index (χ2n) is 15.9. The lowest BCUT2D eigenvalue weighted by Gasteiger charge is -2.29. The molecular weight excluding hydrogens is 783 g/mol. The third-order valence-corrected chi connectivity index (χ3v) is 12.2. The smallest absolute Gasteiger partial charge is 0.491 e. The van der Waals surface area contributed by atoms with Crippen LogP contribution >= 0.6 is 15.9 Å². The summed E-state index contributed by atoms with van der Waals surface area (Å²) in [7, 11) is -1.97. The van der Waals surface area contributed by atoms with E-state index in [2.05, 4.69) is 29.8 Å². The molecule has 0 amide bonds. The minimum Gasteiger partial charge on any atom is -0.507 e. The maximum absolute atomic E-state index is 14.8. The molecule has 0 atom stereocenters. The molecule has 2 fully saturated rings. The number of halogens is 5. The van der Waals surface area contributed by atoms with Crippen LogP contribution < -0.4 is 5.46 Å². The van der Waals surface area contributed by atoms with Crippen LogP contribution in [0.15, 0.2) is 53.0 Å². The fraction of sp³-hybridized carbons (Fsp3) is 0.478. The molecule has 0 radical (unpaired) electrons. The Bertz CT molecular complexity index is 1870. The average Bonchev–Trinajstić information content (AvgIpc) is 3.16. The minimum absolute atomic E-state index is 0.0440. The van der Waals surface area contributed by atoms with Crippen molar-refractivity contribution in [1.82, 2.24) is 0 Å². The third-order valence-electron chi connectivity index (χ3n) is 11.8.